The molecule has 0 bridgehead atoms. The molecular formula is C31H33Cl2F2N3O7S2. The van der Waals surface area contributed by atoms with E-state index >= 15 is 4.39 Å². The van der Waals surface area contributed by atoms with Gasteiger partial charge in [0.25, 0.3) is 10.0 Å². The van der Waals surface area contributed by atoms with Crippen molar-refractivity contribution >= 4 is 68.1 Å². The summed E-state index contributed by atoms with van der Waals surface area (Å²) in [6.45, 7) is 9.63. The van der Waals surface area contributed by atoms with Crippen molar-refractivity contribution in [2.75, 3.05) is 17.5 Å². The predicted molar refractivity (Wildman–Crippen MR) is 176 cm³/mol. The molecule has 0 radical (unpaired) electrons. The molecule has 47 heavy (non-hydrogen) atoms. The minimum absolute atomic E-state index is 0.218. The maximum absolute atomic E-state index is 15.7. The number of carbonyl (C=O) groups excluding carboxylic acids is 2. The fraction of sp³-hybridized carbons (Fsp3) is 0.387. The molecule has 1 atom stereocenters. The average molecular weight is 733 g/mol. The highest BCUT2D eigenvalue weighted by molar-refractivity contribution is 7.93. The lowest BCUT2D eigenvalue weighted by Crippen LogP contribution is -2.48. The monoisotopic (exact) mass is 731 g/mol. The lowest BCUT2D eigenvalue weighted by molar-refractivity contribution is 0.0162. The van der Waals surface area contributed by atoms with Gasteiger partial charge in [0.2, 0.25) is 0 Å². The van der Waals surface area contributed by atoms with Crippen LogP contribution < -0.4 is 9.04 Å². The highest BCUT2D eigenvalue weighted by Crippen LogP contribution is 2.37. The molecule has 3 aromatic rings. The summed E-state index contributed by atoms with van der Waals surface area (Å²) in [5.74, 6) is -2.40. The first-order valence-electron chi connectivity index (χ1n) is 14.2. The fourth-order valence-corrected chi connectivity index (χ4v) is 7.00. The number of hydrogen-bond acceptors (Lipinski definition) is 9. The van der Waals surface area contributed by atoms with Crippen molar-refractivity contribution in [3.05, 3.63) is 74.5 Å². The summed E-state index contributed by atoms with van der Waals surface area (Å²) in [7, 11) is -4.93. The van der Waals surface area contributed by atoms with E-state index in [1.807, 2.05) is 0 Å². The number of rotatable bonds is 7. The third-order valence-corrected chi connectivity index (χ3v) is 9.31. The van der Waals surface area contributed by atoms with Crippen LogP contribution in [0.15, 0.2) is 52.2 Å². The SMILES string of the molecule is CC(C)(C)OC(=O)N1CCC=C(c2cc(F)ccc2Cl)C1COc1cc(F)c(S(=O)(=O)N(C(=O)OC(C)(C)C)c2cscn2)cc1Cl. The van der Waals surface area contributed by atoms with Gasteiger partial charge in [0.15, 0.2) is 5.82 Å². The summed E-state index contributed by atoms with van der Waals surface area (Å²) in [6.07, 6.45) is 0.214. The third kappa shape index (κ3) is 8.72. The van der Waals surface area contributed by atoms with E-state index in [0.717, 1.165) is 23.5 Å². The summed E-state index contributed by atoms with van der Waals surface area (Å²) in [5, 5.41) is 1.19. The molecule has 16 heteroatoms. The number of nitrogens with zero attached hydrogens (tertiary/aromatic N) is 3. The molecule has 4 rings (SSSR count). The van der Waals surface area contributed by atoms with Gasteiger partial charge in [-0.25, -0.2) is 31.8 Å². The van der Waals surface area contributed by atoms with Gasteiger partial charge < -0.3 is 14.2 Å². The standard InChI is InChI=1S/C31H33Cl2F2N3O7S2/c1-30(2,3)44-28(39)37-11-7-8-19(20-12-18(34)9-10-21(20)32)24(37)15-43-25-14-23(35)26(13-22(25)33)47(41,42)38(27-16-46-17-36-27)29(40)45-31(4,5)6/h8-10,12-14,16-17,24H,7,11,15H2,1-6H3. The van der Waals surface area contributed by atoms with Crippen LogP contribution in [0.2, 0.25) is 10.0 Å². The van der Waals surface area contributed by atoms with Crippen LogP contribution in [0.25, 0.3) is 5.57 Å². The molecule has 0 fully saturated rings. The quantitative estimate of drug-likeness (QED) is 0.238. The number of carbonyl (C=O) groups is 2. The van der Waals surface area contributed by atoms with Crippen molar-refractivity contribution in [2.45, 2.75) is 70.1 Å². The van der Waals surface area contributed by atoms with Crippen LogP contribution in [0.1, 0.15) is 53.5 Å². The number of amides is 2. The van der Waals surface area contributed by atoms with Crippen molar-refractivity contribution in [1.29, 1.82) is 0 Å². The largest absolute Gasteiger partial charge is 0.489 e. The van der Waals surface area contributed by atoms with E-state index < -0.39 is 56.0 Å². The predicted octanol–water partition coefficient (Wildman–Crippen LogP) is 8.33. The molecule has 0 N–H and O–H groups in total. The van der Waals surface area contributed by atoms with Crippen molar-refractivity contribution in [1.82, 2.24) is 9.88 Å². The molecule has 1 aromatic heterocycles. The number of aromatic nitrogens is 1. The first-order chi connectivity index (χ1) is 21.8. The van der Waals surface area contributed by atoms with E-state index in [9.17, 15) is 22.4 Å². The lowest BCUT2D eigenvalue weighted by Gasteiger charge is -2.37. The molecule has 254 valence electrons. The van der Waals surface area contributed by atoms with Gasteiger partial charge in [-0.3, -0.25) is 4.90 Å². The molecule has 0 saturated carbocycles. The van der Waals surface area contributed by atoms with Crippen LogP contribution in [0.4, 0.5) is 24.2 Å². The molecule has 10 nitrogen and oxygen atoms in total. The summed E-state index contributed by atoms with van der Waals surface area (Å²) in [5.41, 5.74) is 0.160. The molecule has 0 spiro atoms. The molecule has 2 amide bonds. The van der Waals surface area contributed by atoms with Crippen molar-refractivity contribution in [3.8, 4) is 5.75 Å². The van der Waals surface area contributed by atoms with Crippen molar-refractivity contribution < 1.29 is 41.0 Å². The molecule has 1 aliphatic rings. The third-order valence-electron chi connectivity index (χ3n) is 6.42. The Morgan fingerprint density at radius 3 is 2.34 bits per heavy atom. The van der Waals surface area contributed by atoms with Gasteiger partial charge in [-0.2, -0.15) is 0 Å². The molecule has 2 aromatic carbocycles. The van der Waals surface area contributed by atoms with Gasteiger partial charge in [0.1, 0.15) is 40.1 Å². The van der Waals surface area contributed by atoms with Gasteiger partial charge in [0, 0.05) is 28.6 Å². The maximum atomic E-state index is 15.7. The van der Waals surface area contributed by atoms with Crippen LogP contribution in [-0.2, 0) is 19.5 Å². The van der Waals surface area contributed by atoms with Gasteiger partial charge in [-0.1, -0.05) is 29.3 Å². The molecule has 2 heterocycles. The van der Waals surface area contributed by atoms with Crippen molar-refractivity contribution in [2.24, 2.45) is 0 Å². The summed E-state index contributed by atoms with van der Waals surface area (Å²) >= 11 is 13.9. The van der Waals surface area contributed by atoms with E-state index in [-0.39, 0.29) is 39.1 Å². The van der Waals surface area contributed by atoms with Gasteiger partial charge in [0.05, 0.1) is 16.6 Å². The Morgan fingerprint density at radius 1 is 1.04 bits per heavy atom. The normalized spacial score (nSPS) is 15.6. The van der Waals surface area contributed by atoms with Crippen LogP contribution in [0, 0.1) is 11.6 Å². The van der Waals surface area contributed by atoms with E-state index in [0.29, 0.717) is 17.6 Å². The maximum Gasteiger partial charge on any atom is 0.430 e. The Morgan fingerprint density at radius 2 is 1.72 bits per heavy atom. The number of halogens is 4. The Kier molecular flexibility index (Phi) is 10.8. The summed E-state index contributed by atoms with van der Waals surface area (Å²) < 4.78 is 74.3. The molecule has 0 aliphatic carbocycles. The molecular weight excluding hydrogens is 699 g/mol. The molecule has 1 unspecified atom stereocenters. The zero-order valence-electron chi connectivity index (χ0n) is 26.3. The van der Waals surface area contributed by atoms with Crippen LogP contribution in [0.5, 0.6) is 5.75 Å². The summed E-state index contributed by atoms with van der Waals surface area (Å²) in [6, 6.07) is 4.47. The van der Waals surface area contributed by atoms with E-state index in [1.165, 1.54) is 34.0 Å². The second kappa shape index (κ2) is 14.0. The second-order valence-electron chi connectivity index (χ2n) is 12.4. The Balaban J connectivity index is 1.69. The highest BCUT2D eigenvalue weighted by Gasteiger charge is 2.39. The number of thiazole rings is 1. The number of hydrogen-bond donors (Lipinski definition) is 0. The Labute approximate surface area is 285 Å². The molecule has 1 aliphatic heterocycles. The average Bonchev–Trinajstić information content (AvgIpc) is 3.46. The zero-order valence-corrected chi connectivity index (χ0v) is 29.5. The number of benzene rings is 2. The van der Waals surface area contributed by atoms with Crippen LogP contribution in [0.3, 0.4) is 0 Å². The zero-order chi connectivity index (χ0) is 34.9. The topological polar surface area (TPSA) is 115 Å². The van der Waals surface area contributed by atoms with E-state index in [4.69, 9.17) is 37.4 Å². The number of ether oxygens (including phenoxy) is 3. The van der Waals surface area contributed by atoms with Gasteiger partial charge in [-0.15, -0.1) is 15.6 Å². The van der Waals surface area contributed by atoms with Crippen molar-refractivity contribution in [3.63, 3.8) is 0 Å². The summed E-state index contributed by atoms with van der Waals surface area (Å²) in [4.78, 5) is 30.6. The molecule has 0 saturated heterocycles. The highest BCUT2D eigenvalue weighted by atomic mass is 35.5. The minimum Gasteiger partial charge on any atom is -0.489 e. The Bertz CT molecular complexity index is 1790. The number of anilines is 1. The van der Waals surface area contributed by atoms with E-state index in [2.05, 4.69) is 4.98 Å². The van der Waals surface area contributed by atoms with Gasteiger partial charge >= 0.3 is 12.2 Å². The lowest BCUT2D eigenvalue weighted by atomic mass is 9.93. The van der Waals surface area contributed by atoms with Crippen LogP contribution in [-0.4, -0.2) is 60.9 Å². The smallest absolute Gasteiger partial charge is 0.430 e. The minimum atomic E-state index is -4.93. The second-order valence-corrected chi connectivity index (χ2v) is 15.7. The fourth-order valence-electron chi connectivity index (χ4n) is 4.56. The number of sulfonamides is 1. The van der Waals surface area contributed by atoms with E-state index in [1.54, 1.807) is 47.6 Å². The Hall–Kier alpha value is -3.46. The van der Waals surface area contributed by atoms with Crippen LogP contribution >= 0.6 is 34.5 Å². The first-order valence-corrected chi connectivity index (χ1v) is 17.4. The van der Waals surface area contributed by atoms with Gasteiger partial charge in [-0.05, 0) is 77.8 Å². The first kappa shape index (κ1) is 36.4.